The average Bonchev–Trinajstić information content (AvgIpc) is 3.02. The van der Waals surface area contributed by atoms with Crippen LogP contribution in [-0.2, 0) is 9.53 Å². The maximum Gasteiger partial charge on any atom is 0.322 e. The number of nitrogens with one attached hydrogen (secondary N) is 1. The zero-order valence-corrected chi connectivity index (χ0v) is 27.4. The van der Waals surface area contributed by atoms with Crippen LogP contribution >= 0.6 is 11.8 Å². The number of esters is 1. The fourth-order valence-electron chi connectivity index (χ4n) is 4.17. The van der Waals surface area contributed by atoms with E-state index in [0.717, 1.165) is 37.9 Å². The second-order valence-electron chi connectivity index (χ2n) is 10.2. The molecule has 236 valence electrons. The van der Waals surface area contributed by atoms with Gasteiger partial charge >= 0.3 is 5.97 Å². The van der Waals surface area contributed by atoms with Crippen molar-refractivity contribution in [2.75, 3.05) is 18.9 Å². The highest BCUT2D eigenvalue weighted by Gasteiger charge is 2.36. The number of rotatable bonds is 23. The molecule has 6 heteroatoms. The van der Waals surface area contributed by atoms with Crippen LogP contribution in [0.25, 0.3) is 0 Å². The molecule has 43 heavy (non-hydrogen) atoms. The van der Waals surface area contributed by atoms with Crippen molar-refractivity contribution in [1.29, 1.82) is 0 Å². The highest BCUT2D eigenvalue weighted by Crippen LogP contribution is 2.34. The van der Waals surface area contributed by atoms with Crippen LogP contribution in [0, 0.1) is 0 Å². The predicted molar refractivity (Wildman–Crippen MR) is 184 cm³/mol. The molecule has 0 bridgehead atoms. The Hall–Kier alpha value is -3.21. The molecule has 0 aromatic heterocycles. The van der Waals surface area contributed by atoms with Gasteiger partial charge in [-0.3, -0.25) is 9.59 Å². The van der Waals surface area contributed by atoms with E-state index in [9.17, 15) is 14.7 Å². The van der Waals surface area contributed by atoms with Crippen molar-refractivity contribution in [2.45, 2.75) is 96.1 Å². The number of hydrogen-bond acceptors (Lipinski definition) is 5. The Morgan fingerprint density at radius 1 is 0.907 bits per heavy atom. The van der Waals surface area contributed by atoms with Gasteiger partial charge in [-0.1, -0.05) is 94.4 Å². The van der Waals surface area contributed by atoms with E-state index in [-0.39, 0.29) is 30.4 Å². The molecule has 0 aliphatic rings. The quantitative estimate of drug-likeness (QED) is 0.0426. The van der Waals surface area contributed by atoms with Gasteiger partial charge in [0.25, 0.3) is 5.91 Å². The topological polar surface area (TPSA) is 75.6 Å². The first-order valence-corrected chi connectivity index (χ1v) is 16.9. The fourth-order valence-corrected chi connectivity index (χ4v) is 5.45. The summed E-state index contributed by atoms with van der Waals surface area (Å²) in [6.07, 6.45) is 32.6. The number of hydrogen-bond donors (Lipinski definition) is 2. The van der Waals surface area contributed by atoms with Gasteiger partial charge in [0.1, 0.15) is 17.1 Å². The number of thioether (sulfide) groups is 1. The summed E-state index contributed by atoms with van der Waals surface area (Å²) in [6.45, 7) is 6.54. The monoisotopic (exact) mass is 607 g/mol. The lowest BCUT2D eigenvalue weighted by Gasteiger charge is -2.28. The lowest BCUT2D eigenvalue weighted by atomic mass is 10.0. The van der Waals surface area contributed by atoms with Crippen LogP contribution in [-0.4, -0.2) is 40.6 Å². The Morgan fingerprint density at radius 2 is 1.58 bits per heavy atom. The first-order valence-electron chi connectivity index (χ1n) is 15.9. The zero-order chi connectivity index (χ0) is 31.4. The predicted octanol–water partition coefficient (Wildman–Crippen LogP) is 9.42. The molecular formula is C37H53NO4S. The number of benzene rings is 1. The Morgan fingerprint density at radius 3 is 2.30 bits per heavy atom. The molecule has 0 aliphatic heterocycles. The number of phenolic OH excluding ortho intramolecular Hbond substituents is 1. The van der Waals surface area contributed by atoms with Crippen molar-refractivity contribution >= 4 is 23.6 Å². The lowest BCUT2D eigenvalue weighted by molar-refractivity contribution is -0.146. The van der Waals surface area contributed by atoms with Gasteiger partial charge in [-0.25, -0.2) is 0 Å². The van der Waals surface area contributed by atoms with Crippen molar-refractivity contribution in [2.24, 2.45) is 0 Å². The molecule has 1 amide bonds. The molecule has 0 atom stereocenters. The lowest BCUT2D eigenvalue weighted by Crippen LogP contribution is -2.38. The Bertz CT molecular complexity index is 1090. The summed E-state index contributed by atoms with van der Waals surface area (Å²) >= 11 is 1.66. The molecule has 0 unspecified atom stereocenters. The van der Waals surface area contributed by atoms with Gasteiger partial charge in [0, 0.05) is 0 Å². The molecule has 1 aromatic carbocycles. The smallest absolute Gasteiger partial charge is 0.322 e. The number of phenols is 1. The van der Waals surface area contributed by atoms with Crippen molar-refractivity contribution in [3.63, 3.8) is 0 Å². The molecule has 0 heterocycles. The van der Waals surface area contributed by atoms with E-state index in [4.69, 9.17) is 4.74 Å². The summed E-state index contributed by atoms with van der Waals surface area (Å²) in [7, 11) is 0. The number of para-hydroxylation sites is 1. The molecule has 0 radical (unpaired) electrons. The maximum absolute atomic E-state index is 12.9. The summed E-state index contributed by atoms with van der Waals surface area (Å²) in [5.41, 5.74) is 3.39. The SMILES string of the molecule is CCCCCC=CCC=CCC=C=CC=CCC=CCCCSC(CC)(CC)C(=O)OCCNC(=O)c1ccccc1O. The molecule has 0 saturated heterocycles. The molecular weight excluding hydrogens is 554 g/mol. The Kier molecular flexibility index (Phi) is 22.3. The normalized spacial score (nSPS) is 11.9. The standard InChI is InChI=1S/C37H53NO4S/c1-4-7-8-9-10-11-12-13-14-15-16-17-18-19-20-21-22-23-24-27-32-43-37(5-2,6-3)36(41)42-31-30-38-35(40)33-28-25-26-29-34(33)39/h10-11,13-14,16,18-20,22-23,25-26,28-29,39H,4-9,12,15,21,24,27,30-32H2,1-3H3,(H,38,40). The number of amides is 1. The van der Waals surface area contributed by atoms with E-state index >= 15 is 0 Å². The van der Waals surface area contributed by atoms with Crippen LogP contribution in [0.5, 0.6) is 5.75 Å². The summed E-state index contributed by atoms with van der Waals surface area (Å²) < 4.78 is 4.95. The molecule has 2 N–H and O–H groups in total. The third kappa shape index (κ3) is 17.5. The van der Waals surface area contributed by atoms with E-state index in [1.807, 2.05) is 32.1 Å². The summed E-state index contributed by atoms with van der Waals surface area (Å²) in [5.74, 6) is 0.168. The number of ether oxygens (including phenoxy) is 1. The van der Waals surface area contributed by atoms with Crippen molar-refractivity contribution in [1.82, 2.24) is 5.32 Å². The van der Waals surface area contributed by atoms with E-state index in [0.29, 0.717) is 12.8 Å². The molecule has 0 saturated carbocycles. The third-order valence-electron chi connectivity index (χ3n) is 6.90. The van der Waals surface area contributed by atoms with Crippen LogP contribution in [0.2, 0.25) is 0 Å². The fraction of sp³-hybridized carbons (Fsp3) is 0.486. The Balaban J connectivity index is 2.22. The summed E-state index contributed by atoms with van der Waals surface area (Å²) in [4.78, 5) is 25.1. The average molecular weight is 608 g/mol. The molecule has 5 nitrogen and oxygen atoms in total. The van der Waals surface area contributed by atoms with E-state index in [1.54, 1.807) is 30.0 Å². The summed E-state index contributed by atoms with van der Waals surface area (Å²) in [6, 6.07) is 6.35. The molecule has 0 spiro atoms. The molecule has 0 aliphatic carbocycles. The Labute approximate surface area is 265 Å². The number of carbonyl (C=O) groups excluding carboxylic acids is 2. The maximum atomic E-state index is 12.9. The zero-order valence-electron chi connectivity index (χ0n) is 26.6. The van der Waals surface area contributed by atoms with Crippen LogP contribution in [0.15, 0.2) is 90.8 Å². The number of unbranched alkanes of at least 4 members (excludes halogenated alkanes) is 4. The third-order valence-corrected chi connectivity index (χ3v) is 8.69. The number of carbonyl (C=O) groups is 2. The molecule has 1 aromatic rings. The highest BCUT2D eigenvalue weighted by molar-refractivity contribution is 8.01. The van der Waals surface area contributed by atoms with Crippen molar-refractivity contribution in [3.05, 3.63) is 96.3 Å². The van der Waals surface area contributed by atoms with Gasteiger partial charge in [-0.15, -0.1) is 17.5 Å². The van der Waals surface area contributed by atoms with Crippen molar-refractivity contribution in [3.8, 4) is 5.75 Å². The van der Waals surface area contributed by atoms with Gasteiger partial charge in [-0.05, 0) is 87.8 Å². The second kappa shape index (κ2) is 25.3. The number of aromatic hydroxyl groups is 1. The first kappa shape index (κ1) is 37.8. The molecule has 0 fully saturated rings. The van der Waals surface area contributed by atoms with Gasteiger partial charge in [0.2, 0.25) is 0 Å². The van der Waals surface area contributed by atoms with Crippen LogP contribution in [0.1, 0.15) is 102 Å². The van der Waals surface area contributed by atoms with Crippen molar-refractivity contribution < 1.29 is 19.4 Å². The van der Waals surface area contributed by atoms with Crippen LogP contribution < -0.4 is 5.32 Å². The van der Waals surface area contributed by atoms with Gasteiger partial charge in [0.15, 0.2) is 0 Å². The van der Waals surface area contributed by atoms with Crippen LogP contribution in [0.4, 0.5) is 0 Å². The van der Waals surface area contributed by atoms with Gasteiger partial charge in [-0.2, -0.15) is 0 Å². The second-order valence-corrected chi connectivity index (χ2v) is 11.7. The minimum absolute atomic E-state index is 0.0770. The van der Waals surface area contributed by atoms with E-state index in [1.165, 1.54) is 31.7 Å². The summed E-state index contributed by atoms with van der Waals surface area (Å²) in [5, 5.41) is 12.5. The molecule has 1 rings (SSSR count). The minimum Gasteiger partial charge on any atom is -0.507 e. The van der Waals surface area contributed by atoms with Crippen LogP contribution in [0.3, 0.4) is 0 Å². The minimum atomic E-state index is -0.575. The highest BCUT2D eigenvalue weighted by atomic mass is 32.2. The van der Waals surface area contributed by atoms with Gasteiger partial charge < -0.3 is 15.2 Å². The first-order chi connectivity index (χ1) is 21.0. The van der Waals surface area contributed by atoms with Gasteiger partial charge in [0.05, 0.1) is 12.1 Å². The largest absolute Gasteiger partial charge is 0.507 e. The van der Waals surface area contributed by atoms with E-state index in [2.05, 4.69) is 60.5 Å². The number of allylic oxidation sites excluding steroid dienone is 9. The van der Waals surface area contributed by atoms with E-state index < -0.39 is 10.7 Å².